The molecule has 0 saturated heterocycles. The van der Waals surface area contributed by atoms with Crippen LogP contribution in [0.15, 0.2) is 66.7 Å². The lowest BCUT2D eigenvalue weighted by molar-refractivity contribution is -0.125. The summed E-state index contributed by atoms with van der Waals surface area (Å²) in [5.41, 5.74) is 1.47. The number of nitrogens with one attached hydrogen (secondary N) is 1. The van der Waals surface area contributed by atoms with E-state index in [1.807, 2.05) is 49.4 Å². The van der Waals surface area contributed by atoms with Gasteiger partial charge in [-0.05, 0) is 31.0 Å². The second-order valence-electron chi connectivity index (χ2n) is 7.33. The van der Waals surface area contributed by atoms with E-state index in [1.165, 1.54) is 4.90 Å². The molecule has 0 unspecified atom stereocenters. The van der Waals surface area contributed by atoms with Crippen molar-refractivity contribution in [3.8, 4) is 5.75 Å². The number of rotatable bonds is 2. The van der Waals surface area contributed by atoms with Crippen LogP contribution in [-0.4, -0.2) is 42.5 Å². The normalized spacial score (nSPS) is 22.1. The van der Waals surface area contributed by atoms with Gasteiger partial charge in [0.05, 0.1) is 11.7 Å². The molecule has 0 radical (unpaired) electrons. The summed E-state index contributed by atoms with van der Waals surface area (Å²) in [5.74, 6) is 0.166. The van der Waals surface area contributed by atoms with Crippen molar-refractivity contribution in [2.24, 2.45) is 0 Å². The van der Waals surface area contributed by atoms with Crippen LogP contribution in [0.4, 0.5) is 0 Å². The van der Waals surface area contributed by atoms with Crippen molar-refractivity contribution >= 4 is 11.8 Å². The fourth-order valence-electron chi connectivity index (χ4n) is 3.39. The van der Waals surface area contributed by atoms with Crippen LogP contribution in [0.5, 0.6) is 5.75 Å². The Morgan fingerprint density at radius 2 is 1.76 bits per heavy atom. The van der Waals surface area contributed by atoms with Crippen LogP contribution in [0.1, 0.15) is 35.7 Å². The van der Waals surface area contributed by atoms with Crippen molar-refractivity contribution in [1.29, 1.82) is 0 Å². The first-order valence-electron chi connectivity index (χ1n) is 10.1. The van der Waals surface area contributed by atoms with Gasteiger partial charge in [-0.2, -0.15) is 0 Å². The number of amides is 2. The van der Waals surface area contributed by atoms with Gasteiger partial charge in [-0.1, -0.05) is 54.6 Å². The number of ether oxygens (including phenoxy) is 1. The summed E-state index contributed by atoms with van der Waals surface area (Å²) in [6, 6.07) is 16.4. The molecule has 29 heavy (non-hydrogen) atoms. The molecule has 5 heteroatoms. The molecule has 0 spiro atoms. The first kappa shape index (κ1) is 20.6. The molecular weight excluding hydrogens is 364 g/mol. The van der Waals surface area contributed by atoms with Crippen LogP contribution in [0.3, 0.4) is 0 Å². The van der Waals surface area contributed by atoms with Crippen molar-refractivity contribution in [2.75, 3.05) is 13.6 Å². The summed E-state index contributed by atoms with van der Waals surface area (Å²) < 4.78 is 6.04. The summed E-state index contributed by atoms with van der Waals surface area (Å²) >= 11 is 0. The van der Waals surface area contributed by atoms with Gasteiger partial charge in [-0.3, -0.25) is 9.59 Å². The highest BCUT2D eigenvalue weighted by molar-refractivity contribution is 5.99. The molecular formula is C24H28N2O3. The van der Waals surface area contributed by atoms with E-state index in [2.05, 4.69) is 17.5 Å². The van der Waals surface area contributed by atoms with Gasteiger partial charge in [0.25, 0.3) is 5.91 Å². The number of carbonyl (C=O) groups excluding carboxylic acids is 2. The van der Waals surface area contributed by atoms with Gasteiger partial charge in [0.15, 0.2) is 0 Å². The number of benzene rings is 2. The zero-order valence-electron chi connectivity index (χ0n) is 17.0. The van der Waals surface area contributed by atoms with E-state index in [9.17, 15) is 9.59 Å². The molecule has 0 saturated carbocycles. The predicted octanol–water partition coefficient (Wildman–Crippen LogP) is 3.60. The van der Waals surface area contributed by atoms with Crippen LogP contribution < -0.4 is 10.1 Å². The minimum atomic E-state index is -0.609. The number of nitrogens with zero attached hydrogens (tertiary/aromatic N) is 1. The molecule has 1 aliphatic rings. The fourth-order valence-corrected chi connectivity index (χ4v) is 3.39. The second kappa shape index (κ2) is 9.92. The number of hydrogen-bond acceptors (Lipinski definition) is 3. The van der Waals surface area contributed by atoms with Gasteiger partial charge in [0, 0.05) is 26.4 Å². The third-order valence-electron chi connectivity index (χ3n) is 5.05. The van der Waals surface area contributed by atoms with Crippen LogP contribution in [-0.2, 0) is 11.2 Å². The highest BCUT2D eigenvalue weighted by Gasteiger charge is 2.29. The van der Waals surface area contributed by atoms with Crippen molar-refractivity contribution in [3.05, 3.63) is 77.9 Å². The smallest absolute Gasteiger partial charge is 0.258 e. The van der Waals surface area contributed by atoms with Gasteiger partial charge >= 0.3 is 0 Å². The molecule has 1 heterocycles. The van der Waals surface area contributed by atoms with E-state index in [0.29, 0.717) is 24.3 Å². The molecule has 152 valence electrons. The summed E-state index contributed by atoms with van der Waals surface area (Å²) in [7, 11) is 1.68. The van der Waals surface area contributed by atoms with Crippen LogP contribution >= 0.6 is 0 Å². The fraction of sp³-hybridized carbons (Fsp3) is 0.333. The predicted molar refractivity (Wildman–Crippen MR) is 114 cm³/mol. The average molecular weight is 392 g/mol. The molecule has 1 N–H and O–H groups in total. The molecule has 0 fully saturated rings. The molecule has 0 bridgehead atoms. The highest BCUT2D eigenvalue weighted by Crippen LogP contribution is 2.23. The Morgan fingerprint density at radius 3 is 2.55 bits per heavy atom. The Hall–Kier alpha value is -3.08. The first-order valence-corrected chi connectivity index (χ1v) is 10.1. The quantitative estimate of drug-likeness (QED) is 0.795. The largest absolute Gasteiger partial charge is 0.490 e. The number of carbonyl (C=O) groups is 2. The standard InChI is InChI=1S/C24H28N2O3/c1-18-11-5-4-10-16-25-23(27)21(17-19-12-6-3-7-13-19)26(2)24(28)20-14-8-9-15-22(20)29-18/h3-9,12-15,18,21H,10-11,16-17H2,1-2H3,(H,25,27)/b5-4+/t18-,21+/m1/s1. The third-order valence-corrected chi connectivity index (χ3v) is 5.05. The van der Waals surface area contributed by atoms with E-state index >= 15 is 0 Å². The number of likely N-dealkylation sites (N-methyl/N-ethyl adjacent to an activating group) is 1. The first-order chi connectivity index (χ1) is 14.1. The summed E-state index contributed by atoms with van der Waals surface area (Å²) in [5, 5.41) is 2.98. The van der Waals surface area contributed by atoms with Crippen molar-refractivity contribution in [2.45, 2.75) is 38.3 Å². The number of fused-ring (bicyclic) bond motifs is 1. The zero-order valence-corrected chi connectivity index (χ0v) is 17.0. The molecule has 0 aromatic heterocycles. The molecule has 0 aliphatic carbocycles. The van der Waals surface area contributed by atoms with Crippen LogP contribution in [0, 0.1) is 0 Å². The van der Waals surface area contributed by atoms with Crippen molar-refractivity contribution < 1.29 is 14.3 Å². The Morgan fingerprint density at radius 1 is 1.03 bits per heavy atom. The minimum absolute atomic E-state index is 0.0526. The molecule has 3 rings (SSSR count). The van der Waals surface area contributed by atoms with E-state index in [-0.39, 0.29) is 17.9 Å². The summed E-state index contributed by atoms with van der Waals surface area (Å²) in [6.07, 6.45) is 5.99. The van der Waals surface area contributed by atoms with Crippen molar-refractivity contribution in [3.63, 3.8) is 0 Å². The van der Waals surface area contributed by atoms with E-state index < -0.39 is 6.04 Å². The maximum Gasteiger partial charge on any atom is 0.258 e. The monoisotopic (exact) mass is 392 g/mol. The number of para-hydroxylation sites is 1. The summed E-state index contributed by atoms with van der Waals surface area (Å²) in [4.78, 5) is 27.8. The van der Waals surface area contributed by atoms with Gasteiger partial charge in [0.2, 0.25) is 5.91 Å². The SMILES string of the molecule is C[C@@H]1C/C=C/CCNC(=O)[C@H](Cc2ccccc2)N(C)C(=O)c2ccccc2O1. The maximum absolute atomic E-state index is 13.3. The number of hydrogen-bond donors (Lipinski definition) is 1. The summed E-state index contributed by atoms with van der Waals surface area (Å²) in [6.45, 7) is 2.52. The lowest BCUT2D eigenvalue weighted by Gasteiger charge is -2.28. The Kier molecular flexibility index (Phi) is 7.06. The van der Waals surface area contributed by atoms with E-state index in [0.717, 1.165) is 18.4 Å². The molecule has 2 amide bonds. The Bertz CT molecular complexity index is 863. The van der Waals surface area contributed by atoms with E-state index in [4.69, 9.17) is 4.74 Å². The highest BCUT2D eigenvalue weighted by atomic mass is 16.5. The lowest BCUT2D eigenvalue weighted by atomic mass is 10.0. The van der Waals surface area contributed by atoms with Gasteiger partial charge in [-0.15, -0.1) is 0 Å². The second-order valence-corrected chi connectivity index (χ2v) is 7.33. The maximum atomic E-state index is 13.3. The van der Waals surface area contributed by atoms with Crippen molar-refractivity contribution in [1.82, 2.24) is 10.2 Å². The Balaban J connectivity index is 1.94. The van der Waals surface area contributed by atoms with Gasteiger partial charge in [0.1, 0.15) is 11.8 Å². The minimum Gasteiger partial charge on any atom is -0.490 e. The molecule has 1 aliphatic heterocycles. The van der Waals surface area contributed by atoms with Crippen LogP contribution in [0.2, 0.25) is 0 Å². The van der Waals surface area contributed by atoms with E-state index in [1.54, 1.807) is 19.2 Å². The third kappa shape index (κ3) is 5.47. The molecule has 2 atom stereocenters. The Labute approximate surface area is 172 Å². The van der Waals surface area contributed by atoms with Crippen LogP contribution in [0.25, 0.3) is 0 Å². The molecule has 5 nitrogen and oxygen atoms in total. The topological polar surface area (TPSA) is 58.6 Å². The van der Waals surface area contributed by atoms with Gasteiger partial charge in [-0.25, -0.2) is 0 Å². The zero-order chi connectivity index (χ0) is 20.6. The average Bonchev–Trinajstić information content (AvgIpc) is 2.74. The lowest BCUT2D eigenvalue weighted by Crippen LogP contribution is -2.49. The van der Waals surface area contributed by atoms with Gasteiger partial charge < -0.3 is 15.0 Å². The molecule has 2 aromatic rings. The molecule has 2 aromatic carbocycles.